The van der Waals surface area contributed by atoms with Crippen LogP contribution in [0.5, 0.6) is 0 Å². The van der Waals surface area contributed by atoms with Crippen LogP contribution in [0.2, 0.25) is 0 Å². The van der Waals surface area contributed by atoms with Crippen LogP contribution in [0.3, 0.4) is 0 Å². The second-order valence-electron chi connectivity index (χ2n) is 5.02. The molecule has 0 radical (unpaired) electrons. The number of nitrogens with one attached hydrogen (secondary N) is 1. The van der Waals surface area contributed by atoms with Crippen molar-refractivity contribution >= 4 is 27.7 Å². The Balaban J connectivity index is 1.98. The lowest BCUT2D eigenvalue weighted by Gasteiger charge is -2.15. The zero-order chi connectivity index (χ0) is 15.9. The van der Waals surface area contributed by atoms with Gasteiger partial charge in [0.1, 0.15) is 6.04 Å². The molecule has 0 heterocycles. The molecule has 2 amide bonds. The van der Waals surface area contributed by atoms with Crippen LogP contribution in [-0.4, -0.2) is 17.9 Å². The van der Waals surface area contributed by atoms with Crippen molar-refractivity contribution in [3.63, 3.8) is 0 Å². The van der Waals surface area contributed by atoms with Gasteiger partial charge in [0.05, 0.1) is 6.42 Å². The van der Waals surface area contributed by atoms with Crippen molar-refractivity contribution < 1.29 is 9.59 Å². The summed E-state index contributed by atoms with van der Waals surface area (Å²) in [5, 5.41) is 2.70. The molecule has 114 valence electrons. The summed E-state index contributed by atoms with van der Waals surface area (Å²) in [4.78, 5) is 23.6. The fourth-order valence-corrected chi connectivity index (χ4v) is 2.37. The molecule has 2 aromatic carbocycles. The Morgan fingerprint density at radius 2 is 1.64 bits per heavy atom. The number of hydrogen-bond donors (Lipinski definition) is 2. The van der Waals surface area contributed by atoms with Crippen LogP contribution >= 0.6 is 15.9 Å². The molecule has 0 aliphatic rings. The topological polar surface area (TPSA) is 72.2 Å². The van der Waals surface area contributed by atoms with E-state index in [0.29, 0.717) is 6.42 Å². The molecule has 0 aromatic heterocycles. The molecule has 0 bridgehead atoms. The first-order valence-corrected chi connectivity index (χ1v) is 7.71. The number of rotatable bonds is 6. The van der Waals surface area contributed by atoms with Crippen molar-refractivity contribution in [2.75, 3.05) is 0 Å². The Kier molecular flexibility index (Phi) is 5.72. The van der Waals surface area contributed by atoms with E-state index in [9.17, 15) is 9.59 Å². The van der Waals surface area contributed by atoms with Crippen LogP contribution in [0, 0.1) is 0 Å². The Morgan fingerprint density at radius 3 is 2.23 bits per heavy atom. The lowest BCUT2D eigenvalue weighted by atomic mass is 10.0. The van der Waals surface area contributed by atoms with Gasteiger partial charge < -0.3 is 11.1 Å². The third-order valence-corrected chi connectivity index (χ3v) is 3.77. The van der Waals surface area contributed by atoms with Gasteiger partial charge >= 0.3 is 0 Å². The van der Waals surface area contributed by atoms with Crippen molar-refractivity contribution in [2.45, 2.75) is 18.9 Å². The second-order valence-corrected chi connectivity index (χ2v) is 5.93. The maximum Gasteiger partial charge on any atom is 0.240 e. The predicted octanol–water partition coefficient (Wildman–Crippen LogP) is 2.20. The summed E-state index contributed by atoms with van der Waals surface area (Å²) in [7, 11) is 0. The van der Waals surface area contributed by atoms with Gasteiger partial charge in [0, 0.05) is 10.9 Å². The molecule has 0 spiro atoms. The van der Waals surface area contributed by atoms with Crippen LogP contribution in [0.1, 0.15) is 11.1 Å². The van der Waals surface area contributed by atoms with Crippen LogP contribution in [-0.2, 0) is 22.4 Å². The van der Waals surface area contributed by atoms with Crippen LogP contribution in [0.4, 0.5) is 0 Å². The first-order chi connectivity index (χ1) is 10.5. The summed E-state index contributed by atoms with van der Waals surface area (Å²) in [5.74, 6) is -0.753. The van der Waals surface area contributed by atoms with Gasteiger partial charge in [-0.3, -0.25) is 9.59 Å². The third kappa shape index (κ3) is 5.00. The van der Waals surface area contributed by atoms with Crippen molar-refractivity contribution in [1.29, 1.82) is 0 Å². The highest BCUT2D eigenvalue weighted by Crippen LogP contribution is 2.12. The minimum Gasteiger partial charge on any atom is -0.368 e. The molecule has 2 aromatic rings. The molecular formula is C17H17BrN2O2. The summed E-state index contributed by atoms with van der Waals surface area (Å²) in [6.45, 7) is 0. The van der Waals surface area contributed by atoms with Crippen molar-refractivity contribution in [3.8, 4) is 0 Å². The maximum atomic E-state index is 12.0. The number of primary amides is 1. The van der Waals surface area contributed by atoms with Gasteiger partial charge in [-0.2, -0.15) is 0 Å². The first-order valence-electron chi connectivity index (χ1n) is 6.91. The zero-order valence-electron chi connectivity index (χ0n) is 12.0. The van der Waals surface area contributed by atoms with Gasteiger partial charge in [-0.15, -0.1) is 0 Å². The molecule has 0 aliphatic heterocycles. The molecule has 4 nitrogen and oxygen atoms in total. The van der Waals surface area contributed by atoms with Gasteiger partial charge in [0.2, 0.25) is 11.8 Å². The predicted molar refractivity (Wildman–Crippen MR) is 89.1 cm³/mol. The van der Waals surface area contributed by atoms with Gasteiger partial charge in [-0.1, -0.05) is 58.4 Å². The Hall–Kier alpha value is -2.14. The summed E-state index contributed by atoms with van der Waals surface area (Å²) in [5.41, 5.74) is 7.23. The minimum atomic E-state index is -0.711. The SMILES string of the molecule is NC(=O)[C@@H](Cc1ccc(Br)cc1)NC(=O)Cc1ccccc1. The molecule has 5 heteroatoms. The van der Waals surface area contributed by atoms with Gasteiger partial charge in [0.25, 0.3) is 0 Å². The minimum absolute atomic E-state index is 0.216. The fraction of sp³-hybridized carbons (Fsp3) is 0.176. The average molecular weight is 361 g/mol. The van der Waals surface area contributed by atoms with Gasteiger partial charge in [0.15, 0.2) is 0 Å². The van der Waals surface area contributed by atoms with Crippen LogP contribution in [0.15, 0.2) is 59.1 Å². The molecule has 3 N–H and O–H groups in total. The van der Waals surface area contributed by atoms with E-state index in [0.717, 1.165) is 15.6 Å². The number of carbonyl (C=O) groups excluding carboxylic acids is 2. The van der Waals surface area contributed by atoms with E-state index in [1.54, 1.807) is 0 Å². The number of amides is 2. The van der Waals surface area contributed by atoms with E-state index in [4.69, 9.17) is 5.73 Å². The molecule has 1 atom stereocenters. The van der Waals surface area contributed by atoms with Crippen molar-refractivity contribution in [1.82, 2.24) is 5.32 Å². The number of halogens is 1. The molecule has 0 saturated carbocycles. The average Bonchev–Trinajstić information content (AvgIpc) is 2.49. The lowest BCUT2D eigenvalue weighted by Crippen LogP contribution is -2.46. The zero-order valence-corrected chi connectivity index (χ0v) is 13.5. The molecule has 2 rings (SSSR count). The molecule has 0 saturated heterocycles. The molecule has 0 aliphatic carbocycles. The monoisotopic (exact) mass is 360 g/mol. The number of hydrogen-bond acceptors (Lipinski definition) is 2. The van der Waals surface area contributed by atoms with Crippen LogP contribution in [0.25, 0.3) is 0 Å². The number of benzene rings is 2. The molecule has 0 unspecified atom stereocenters. The van der Waals surface area contributed by atoms with E-state index in [2.05, 4.69) is 21.2 Å². The summed E-state index contributed by atoms with van der Waals surface area (Å²) in [6.07, 6.45) is 0.605. The van der Waals surface area contributed by atoms with E-state index in [1.807, 2.05) is 54.6 Å². The molecule has 22 heavy (non-hydrogen) atoms. The van der Waals surface area contributed by atoms with Crippen molar-refractivity contribution in [3.05, 3.63) is 70.2 Å². The Morgan fingerprint density at radius 1 is 1.00 bits per heavy atom. The molecular weight excluding hydrogens is 344 g/mol. The highest BCUT2D eigenvalue weighted by atomic mass is 79.9. The van der Waals surface area contributed by atoms with Crippen molar-refractivity contribution in [2.24, 2.45) is 5.73 Å². The lowest BCUT2D eigenvalue weighted by molar-refractivity contribution is -0.127. The quantitative estimate of drug-likeness (QED) is 0.828. The summed E-state index contributed by atoms with van der Waals surface area (Å²) < 4.78 is 0.958. The number of nitrogens with two attached hydrogens (primary N) is 1. The standard InChI is InChI=1S/C17H17BrN2O2/c18-14-8-6-13(7-9-14)10-15(17(19)22)20-16(21)11-12-4-2-1-3-5-12/h1-9,15H,10-11H2,(H2,19,22)(H,20,21)/t15-/m1/s1. The Labute approximate surface area is 137 Å². The van der Waals surface area contributed by atoms with E-state index >= 15 is 0 Å². The normalized spacial score (nSPS) is 11.7. The molecule has 0 fully saturated rings. The van der Waals surface area contributed by atoms with E-state index < -0.39 is 11.9 Å². The maximum absolute atomic E-state index is 12.0. The van der Waals surface area contributed by atoms with E-state index in [1.165, 1.54) is 0 Å². The second kappa shape index (κ2) is 7.75. The Bertz CT molecular complexity index is 641. The van der Waals surface area contributed by atoms with E-state index in [-0.39, 0.29) is 12.3 Å². The largest absolute Gasteiger partial charge is 0.368 e. The van der Waals surface area contributed by atoms with Crippen LogP contribution < -0.4 is 11.1 Å². The third-order valence-electron chi connectivity index (χ3n) is 3.24. The fourth-order valence-electron chi connectivity index (χ4n) is 2.11. The van der Waals surface area contributed by atoms with Gasteiger partial charge in [-0.25, -0.2) is 0 Å². The van der Waals surface area contributed by atoms with Gasteiger partial charge in [-0.05, 0) is 23.3 Å². The summed E-state index contributed by atoms with van der Waals surface area (Å²) in [6, 6.07) is 16.2. The first kappa shape index (κ1) is 16.2. The highest BCUT2D eigenvalue weighted by molar-refractivity contribution is 9.10. The summed E-state index contributed by atoms with van der Waals surface area (Å²) >= 11 is 3.36. The highest BCUT2D eigenvalue weighted by Gasteiger charge is 2.18. The smallest absolute Gasteiger partial charge is 0.240 e. The number of carbonyl (C=O) groups is 2.